The van der Waals surface area contributed by atoms with Crippen molar-refractivity contribution in [1.82, 2.24) is 9.80 Å². The minimum Gasteiger partial charge on any atom is -0.406 e. The average Bonchev–Trinajstić information content (AvgIpc) is 2.82. The molecule has 1 heterocycles. The number of ether oxygens (including phenoxy) is 1. The maximum Gasteiger partial charge on any atom is 0.573 e. The highest BCUT2D eigenvalue weighted by molar-refractivity contribution is 5.85. The molecule has 2 aliphatic rings. The van der Waals surface area contributed by atoms with Crippen molar-refractivity contribution in [2.24, 2.45) is 0 Å². The Labute approximate surface area is 223 Å². The lowest BCUT2D eigenvalue weighted by Gasteiger charge is -2.43. The molecule has 4 nitrogen and oxygen atoms in total. The van der Waals surface area contributed by atoms with Crippen molar-refractivity contribution in [2.45, 2.75) is 50.0 Å². The summed E-state index contributed by atoms with van der Waals surface area (Å²) in [5.41, 5.74) is 0.947. The number of halogens is 5. The van der Waals surface area contributed by atoms with Crippen molar-refractivity contribution in [2.75, 3.05) is 32.7 Å². The van der Waals surface area contributed by atoms with Crippen molar-refractivity contribution >= 4 is 30.9 Å². The standard InChI is InChI=1S/C27H33F3N2O2.2ClH/c28-27(29,30)34-24-11-7-10-23(20-24)25(26(33)13-5-2-6-14-26)21-32-18-16-31(17-19-32)15-12-22-8-3-1-4-9-22;;/h1,3-4,7-12,15,20,25,33H,2,5-6,13-14,16-19,21H2;2*1H/t25-;;/m1../s1. The number of hydrogen-bond donors (Lipinski definition) is 1. The zero-order valence-corrected chi connectivity index (χ0v) is 21.8. The van der Waals surface area contributed by atoms with Crippen molar-refractivity contribution in [3.63, 3.8) is 0 Å². The first kappa shape index (κ1) is 30.3. The number of nitrogens with zero attached hydrogens (tertiary/aromatic N) is 2. The summed E-state index contributed by atoms with van der Waals surface area (Å²) in [6, 6.07) is 16.3. The Hall–Kier alpha value is -1.93. The molecule has 1 saturated carbocycles. The van der Waals surface area contributed by atoms with E-state index in [1.807, 2.05) is 24.3 Å². The van der Waals surface area contributed by atoms with E-state index in [9.17, 15) is 18.3 Å². The Kier molecular flexibility index (Phi) is 11.4. The van der Waals surface area contributed by atoms with Gasteiger partial charge in [0, 0.05) is 38.6 Å². The molecule has 1 aliphatic carbocycles. The smallest absolute Gasteiger partial charge is 0.406 e. The van der Waals surface area contributed by atoms with E-state index in [2.05, 4.69) is 38.9 Å². The van der Waals surface area contributed by atoms with Gasteiger partial charge in [-0.3, -0.25) is 4.90 Å². The molecule has 0 amide bonds. The highest BCUT2D eigenvalue weighted by atomic mass is 35.5. The lowest BCUT2D eigenvalue weighted by atomic mass is 9.72. The van der Waals surface area contributed by atoms with E-state index in [4.69, 9.17) is 0 Å². The maximum atomic E-state index is 12.8. The van der Waals surface area contributed by atoms with E-state index < -0.39 is 12.0 Å². The fraction of sp³-hybridized carbons (Fsp3) is 0.481. The van der Waals surface area contributed by atoms with Crippen LogP contribution in [0, 0.1) is 0 Å². The lowest BCUT2D eigenvalue weighted by molar-refractivity contribution is -0.274. The molecule has 2 aromatic carbocycles. The molecule has 36 heavy (non-hydrogen) atoms. The Morgan fingerprint density at radius 1 is 0.917 bits per heavy atom. The van der Waals surface area contributed by atoms with Gasteiger partial charge in [0.2, 0.25) is 0 Å². The molecule has 1 atom stereocenters. The Bertz CT molecular complexity index is 946. The van der Waals surface area contributed by atoms with E-state index in [1.54, 1.807) is 6.07 Å². The van der Waals surface area contributed by atoms with Gasteiger partial charge in [0.25, 0.3) is 0 Å². The lowest BCUT2D eigenvalue weighted by Crippen LogP contribution is -2.49. The first-order chi connectivity index (χ1) is 16.3. The normalized spacial score (nSPS) is 19.3. The van der Waals surface area contributed by atoms with E-state index in [0.29, 0.717) is 24.9 Å². The second-order valence-electron chi connectivity index (χ2n) is 9.40. The maximum absolute atomic E-state index is 12.8. The van der Waals surface area contributed by atoms with Gasteiger partial charge in [0.15, 0.2) is 0 Å². The summed E-state index contributed by atoms with van der Waals surface area (Å²) >= 11 is 0. The molecule has 0 bridgehead atoms. The summed E-state index contributed by atoms with van der Waals surface area (Å²) in [7, 11) is 0. The van der Waals surface area contributed by atoms with Gasteiger partial charge < -0.3 is 14.7 Å². The third kappa shape index (κ3) is 8.58. The molecule has 4 rings (SSSR count). The predicted molar refractivity (Wildman–Crippen MR) is 142 cm³/mol. The molecular formula is C27H35Cl2F3N2O2. The van der Waals surface area contributed by atoms with Crippen molar-refractivity contribution < 1.29 is 23.0 Å². The van der Waals surface area contributed by atoms with E-state index in [0.717, 1.165) is 51.0 Å². The van der Waals surface area contributed by atoms with Crippen LogP contribution in [0.3, 0.4) is 0 Å². The third-order valence-electron chi connectivity index (χ3n) is 6.99. The molecule has 1 N–H and O–H groups in total. The number of piperazine rings is 1. The van der Waals surface area contributed by atoms with E-state index in [-0.39, 0.29) is 36.5 Å². The summed E-state index contributed by atoms with van der Waals surface area (Å²) in [6.07, 6.45) is 3.78. The van der Waals surface area contributed by atoms with Crippen LogP contribution in [-0.4, -0.2) is 59.6 Å². The number of alkyl halides is 3. The summed E-state index contributed by atoms with van der Waals surface area (Å²) < 4.78 is 42.6. The van der Waals surface area contributed by atoms with Crippen LogP contribution >= 0.6 is 24.8 Å². The summed E-state index contributed by atoms with van der Waals surface area (Å²) in [6.45, 7) is 4.02. The van der Waals surface area contributed by atoms with Crippen LogP contribution in [0.1, 0.15) is 49.1 Å². The van der Waals surface area contributed by atoms with Crippen LogP contribution in [0.15, 0.2) is 60.8 Å². The summed E-state index contributed by atoms with van der Waals surface area (Å²) in [5.74, 6) is -0.499. The van der Waals surface area contributed by atoms with Crippen LogP contribution in [-0.2, 0) is 0 Å². The van der Waals surface area contributed by atoms with Gasteiger partial charge in [-0.15, -0.1) is 38.0 Å². The van der Waals surface area contributed by atoms with Gasteiger partial charge in [-0.2, -0.15) is 0 Å². The Morgan fingerprint density at radius 2 is 1.58 bits per heavy atom. The molecule has 9 heteroatoms. The van der Waals surface area contributed by atoms with E-state index >= 15 is 0 Å². The molecule has 2 fully saturated rings. The zero-order valence-electron chi connectivity index (χ0n) is 20.2. The number of aliphatic hydroxyl groups is 1. The number of benzene rings is 2. The summed E-state index contributed by atoms with van der Waals surface area (Å²) in [4.78, 5) is 4.60. The SMILES string of the molecule is Cl.Cl.OC1([C@H](CN2CCN(C=Cc3ccccc3)CC2)c2cccc(OC(F)(F)F)c2)CCCCC1. The fourth-order valence-electron chi connectivity index (χ4n) is 5.14. The minimum absolute atomic E-state index is 0. The van der Waals surface area contributed by atoms with Gasteiger partial charge in [-0.25, -0.2) is 0 Å². The summed E-state index contributed by atoms with van der Waals surface area (Å²) in [5, 5.41) is 11.6. The zero-order chi connectivity index (χ0) is 24.0. The van der Waals surface area contributed by atoms with Crippen molar-refractivity contribution in [3.05, 3.63) is 71.9 Å². The van der Waals surface area contributed by atoms with Gasteiger partial charge in [-0.1, -0.05) is 61.7 Å². The minimum atomic E-state index is -4.74. The first-order valence-electron chi connectivity index (χ1n) is 12.1. The van der Waals surface area contributed by atoms with Crippen molar-refractivity contribution in [1.29, 1.82) is 0 Å². The van der Waals surface area contributed by atoms with E-state index in [1.165, 1.54) is 12.1 Å². The van der Waals surface area contributed by atoms with Gasteiger partial charge in [0.05, 0.1) is 5.60 Å². The van der Waals surface area contributed by atoms with Gasteiger partial charge in [-0.05, 0) is 48.4 Å². The van der Waals surface area contributed by atoms with Crippen LogP contribution in [0.5, 0.6) is 5.75 Å². The molecular weight excluding hydrogens is 512 g/mol. The number of rotatable bonds is 7. The molecule has 2 aromatic rings. The molecule has 0 unspecified atom stereocenters. The van der Waals surface area contributed by atoms with Crippen LogP contribution in [0.4, 0.5) is 13.2 Å². The van der Waals surface area contributed by atoms with Crippen LogP contribution < -0.4 is 4.74 Å². The molecule has 0 spiro atoms. The highest BCUT2D eigenvalue weighted by Crippen LogP contribution is 2.41. The first-order valence-corrected chi connectivity index (χ1v) is 12.1. The molecule has 0 aromatic heterocycles. The van der Waals surface area contributed by atoms with Crippen LogP contribution in [0.25, 0.3) is 6.08 Å². The quantitative estimate of drug-likeness (QED) is 0.430. The predicted octanol–water partition coefficient (Wildman–Crippen LogP) is 6.50. The largest absolute Gasteiger partial charge is 0.573 e. The fourth-order valence-corrected chi connectivity index (χ4v) is 5.14. The molecule has 200 valence electrons. The average molecular weight is 547 g/mol. The highest BCUT2D eigenvalue weighted by Gasteiger charge is 2.40. The van der Waals surface area contributed by atoms with Gasteiger partial charge >= 0.3 is 6.36 Å². The third-order valence-corrected chi connectivity index (χ3v) is 6.99. The molecule has 1 aliphatic heterocycles. The van der Waals surface area contributed by atoms with Crippen LogP contribution in [0.2, 0.25) is 0 Å². The Balaban J connectivity index is 0.00000228. The monoisotopic (exact) mass is 546 g/mol. The molecule has 0 radical (unpaired) electrons. The topological polar surface area (TPSA) is 35.9 Å². The van der Waals surface area contributed by atoms with Crippen molar-refractivity contribution in [3.8, 4) is 5.75 Å². The van der Waals surface area contributed by atoms with Gasteiger partial charge in [0.1, 0.15) is 5.75 Å². The number of hydrogen-bond acceptors (Lipinski definition) is 4. The Morgan fingerprint density at radius 3 is 2.22 bits per heavy atom. The second-order valence-corrected chi connectivity index (χ2v) is 9.40. The molecule has 1 saturated heterocycles. The second kappa shape index (κ2) is 13.6.